The molecule has 0 saturated carbocycles. The summed E-state index contributed by atoms with van der Waals surface area (Å²) in [6, 6.07) is 18.1. The molecule has 2 heterocycles. The zero-order valence-corrected chi connectivity index (χ0v) is 16.2. The Morgan fingerprint density at radius 1 is 1.04 bits per heavy atom. The van der Waals surface area contributed by atoms with Crippen LogP contribution in [-0.4, -0.2) is 54.0 Å². The second kappa shape index (κ2) is 8.40. The maximum atomic E-state index is 12.7. The normalized spacial score (nSPS) is 15.0. The number of piperazine rings is 1. The van der Waals surface area contributed by atoms with Crippen LogP contribution in [-0.2, 0) is 17.8 Å². The molecule has 1 amide bonds. The number of nitrogens with zero attached hydrogens (tertiary/aromatic N) is 3. The van der Waals surface area contributed by atoms with Gasteiger partial charge in [0.05, 0.1) is 19.0 Å². The molecule has 28 heavy (non-hydrogen) atoms. The van der Waals surface area contributed by atoms with Crippen LogP contribution in [0.1, 0.15) is 11.1 Å². The predicted molar refractivity (Wildman–Crippen MR) is 110 cm³/mol. The van der Waals surface area contributed by atoms with Crippen molar-refractivity contribution in [3.8, 4) is 5.75 Å². The molecule has 0 aliphatic carbocycles. The Kier molecular flexibility index (Phi) is 5.53. The lowest BCUT2D eigenvalue weighted by atomic mass is 10.1. The lowest BCUT2D eigenvalue weighted by molar-refractivity contribution is -0.132. The maximum absolute atomic E-state index is 12.7. The van der Waals surface area contributed by atoms with Crippen LogP contribution in [0.25, 0.3) is 10.9 Å². The molecule has 5 nitrogen and oxygen atoms in total. The minimum atomic E-state index is 0.180. The number of rotatable bonds is 5. The van der Waals surface area contributed by atoms with Crippen molar-refractivity contribution in [2.75, 3.05) is 33.3 Å². The lowest BCUT2D eigenvalue weighted by Gasteiger charge is -2.35. The van der Waals surface area contributed by atoms with Gasteiger partial charge >= 0.3 is 0 Å². The number of ether oxygens (including phenoxy) is 1. The molecule has 1 fully saturated rings. The van der Waals surface area contributed by atoms with Crippen LogP contribution in [0.5, 0.6) is 5.75 Å². The minimum Gasteiger partial charge on any atom is -0.497 e. The smallest absolute Gasteiger partial charge is 0.227 e. The fourth-order valence-corrected chi connectivity index (χ4v) is 3.76. The summed E-state index contributed by atoms with van der Waals surface area (Å²) in [7, 11) is 1.64. The summed E-state index contributed by atoms with van der Waals surface area (Å²) in [5, 5.41) is 1.17. The second-order valence-corrected chi connectivity index (χ2v) is 7.18. The van der Waals surface area contributed by atoms with Crippen molar-refractivity contribution in [3.05, 3.63) is 71.9 Å². The molecular weight excluding hydrogens is 350 g/mol. The first-order valence-corrected chi connectivity index (χ1v) is 9.68. The van der Waals surface area contributed by atoms with Crippen molar-refractivity contribution in [1.82, 2.24) is 14.8 Å². The third kappa shape index (κ3) is 4.15. The Morgan fingerprint density at radius 2 is 1.82 bits per heavy atom. The molecule has 0 radical (unpaired) electrons. The van der Waals surface area contributed by atoms with E-state index in [9.17, 15) is 4.79 Å². The third-order valence-electron chi connectivity index (χ3n) is 5.32. The molecule has 0 unspecified atom stereocenters. The van der Waals surface area contributed by atoms with E-state index < -0.39 is 0 Å². The number of hydrogen-bond acceptors (Lipinski definition) is 4. The summed E-state index contributed by atoms with van der Waals surface area (Å²) < 4.78 is 5.25. The van der Waals surface area contributed by atoms with Crippen molar-refractivity contribution in [2.24, 2.45) is 0 Å². The Balaban J connectivity index is 1.34. The number of pyridine rings is 1. The Morgan fingerprint density at radius 3 is 2.64 bits per heavy atom. The standard InChI is InChI=1S/C23H25N3O2/c1-28-21-9-2-5-18(15-21)16-22(27)26-13-11-25(12-14-26)17-20-7-3-6-19-8-4-10-24-23(19)20/h2-10,15H,11-14,16-17H2,1H3. The molecule has 4 rings (SSSR count). The average molecular weight is 375 g/mol. The number of hydrogen-bond donors (Lipinski definition) is 0. The monoisotopic (exact) mass is 375 g/mol. The molecule has 1 aliphatic heterocycles. The van der Waals surface area contributed by atoms with Gasteiger partial charge in [0.2, 0.25) is 5.91 Å². The highest BCUT2D eigenvalue weighted by molar-refractivity contribution is 5.81. The first kappa shape index (κ1) is 18.4. The quantitative estimate of drug-likeness (QED) is 0.687. The van der Waals surface area contributed by atoms with Gasteiger partial charge in [-0.3, -0.25) is 14.7 Å². The van der Waals surface area contributed by atoms with Gasteiger partial charge in [0.25, 0.3) is 0 Å². The molecule has 1 aromatic heterocycles. The molecule has 0 bridgehead atoms. The predicted octanol–water partition coefficient (Wildman–Crippen LogP) is 3.13. The first-order chi connectivity index (χ1) is 13.7. The van der Waals surface area contributed by atoms with Crippen molar-refractivity contribution >= 4 is 16.8 Å². The molecular formula is C23H25N3O2. The average Bonchev–Trinajstić information content (AvgIpc) is 2.74. The van der Waals surface area contributed by atoms with Crippen molar-refractivity contribution in [2.45, 2.75) is 13.0 Å². The van der Waals surface area contributed by atoms with Crippen LogP contribution < -0.4 is 4.74 Å². The van der Waals surface area contributed by atoms with Gasteiger partial charge in [-0.25, -0.2) is 0 Å². The van der Waals surface area contributed by atoms with Gasteiger partial charge in [-0.2, -0.15) is 0 Å². The van der Waals surface area contributed by atoms with Crippen LogP contribution in [0.15, 0.2) is 60.8 Å². The third-order valence-corrected chi connectivity index (χ3v) is 5.32. The van der Waals surface area contributed by atoms with E-state index in [0.717, 1.165) is 49.6 Å². The molecule has 3 aromatic rings. The van der Waals surface area contributed by atoms with Crippen LogP contribution in [0.4, 0.5) is 0 Å². The Bertz CT molecular complexity index is 959. The topological polar surface area (TPSA) is 45.7 Å². The highest BCUT2D eigenvalue weighted by Crippen LogP contribution is 2.19. The molecule has 144 valence electrons. The first-order valence-electron chi connectivity index (χ1n) is 9.68. The van der Waals surface area contributed by atoms with Gasteiger partial charge < -0.3 is 9.64 Å². The van der Waals surface area contributed by atoms with Gasteiger partial charge in [0.15, 0.2) is 0 Å². The molecule has 0 atom stereocenters. The van der Waals surface area contributed by atoms with Gasteiger partial charge in [-0.1, -0.05) is 36.4 Å². The van der Waals surface area contributed by atoms with E-state index in [0.29, 0.717) is 6.42 Å². The number of fused-ring (bicyclic) bond motifs is 1. The molecule has 5 heteroatoms. The van der Waals surface area contributed by atoms with E-state index in [2.05, 4.69) is 34.1 Å². The largest absolute Gasteiger partial charge is 0.497 e. The number of amides is 1. The SMILES string of the molecule is COc1cccc(CC(=O)N2CCN(Cc3cccc4cccnc34)CC2)c1. The zero-order chi connectivity index (χ0) is 19.3. The summed E-state index contributed by atoms with van der Waals surface area (Å²) >= 11 is 0. The van der Waals surface area contributed by atoms with Gasteiger partial charge in [-0.15, -0.1) is 0 Å². The van der Waals surface area contributed by atoms with Gasteiger partial charge in [-0.05, 0) is 29.3 Å². The Labute approximate surface area is 165 Å². The second-order valence-electron chi connectivity index (χ2n) is 7.18. The summed E-state index contributed by atoms with van der Waals surface area (Å²) in [6.07, 6.45) is 2.27. The Hall–Kier alpha value is -2.92. The highest BCUT2D eigenvalue weighted by Gasteiger charge is 2.21. The lowest BCUT2D eigenvalue weighted by Crippen LogP contribution is -2.48. The van der Waals surface area contributed by atoms with E-state index in [1.54, 1.807) is 7.11 Å². The van der Waals surface area contributed by atoms with Gasteiger partial charge in [0.1, 0.15) is 5.75 Å². The van der Waals surface area contributed by atoms with E-state index in [1.165, 1.54) is 10.9 Å². The van der Waals surface area contributed by atoms with E-state index in [4.69, 9.17) is 4.74 Å². The number of carbonyl (C=O) groups excluding carboxylic acids is 1. The molecule has 1 saturated heterocycles. The van der Waals surface area contributed by atoms with Crippen LogP contribution >= 0.6 is 0 Å². The van der Waals surface area contributed by atoms with E-state index in [-0.39, 0.29) is 5.91 Å². The molecule has 1 aliphatic rings. The number of benzene rings is 2. The van der Waals surface area contributed by atoms with Crippen molar-refractivity contribution < 1.29 is 9.53 Å². The minimum absolute atomic E-state index is 0.180. The fourth-order valence-electron chi connectivity index (χ4n) is 3.76. The summed E-state index contributed by atoms with van der Waals surface area (Å²) in [5.74, 6) is 0.971. The molecule has 0 spiro atoms. The number of aromatic nitrogens is 1. The van der Waals surface area contributed by atoms with E-state index in [1.807, 2.05) is 41.4 Å². The van der Waals surface area contributed by atoms with Crippen LogP contribution in [0, 0.1) is 0 Å². The van der Waals surface area contributed by atoms with Crippen molar-refractivity contribution in [3.63, 3.8) is 0 Å². The molecule has 2 aromatic carbocycles. The van der Waals surface area contributed by atoms with Crippen molar-refractivity contribution in [1.29, 1.82) is 0 Å². The van der Waals surface area contributed by atoms with Crippen LogP contribution in [0.3, 0.4) is 0 Å². The van der Waals surface area contributed by atoms with Gasteiger partial charge in [0, 0.05) is 44.3 Å². The number of para-hydroxylation sites is 1. The zero-order valence-electron chi connectivity index (χ0n) is 16.2. The summed E-state index contributed by atoms with van der Waals surface area (Å²) in [5.41, 5.74) is 3.31. The maximum Gasteiger partial charge on any atom is 0.227 e. The van der Waals surface area contributed by atoms with Crippen LogP contribution in [0.2, 0.25) is 0 Å². The fraction of sp³-hybridized carbons (Fsp3) is 0.304. The summed E-state index contributed by atoms with van der Waals surface area (Å²) in [6.45, 7) is 4.16. The van der Waals surface area contributed by atoms with E-state index >= 15 is 0 Å². The number of carbonyl (C=O) groups is 1. The number of methoxy groups -OCH3 is 1. The molecule has 0 N–H and O–H groups in total. The summed E-state index contributed by atoms with van der Waals surface area (Å²) in [4.78, 5) is 21.6. The highest BCUT2D eigenvalue weighted by atomic mass is 16.5.